The molecule has 0 unspecified atom stereocenters. The molecule has 0 saturated heterocycles. The number of para-hydroxylation sites is 1. The summed E-state index contributed by atoms with van der Waals surface area (Å²) in [5, 5.41) is 19.7. The highest BCUT2D eigenvalue weighted by Crippen LogP contribution is 2.21. The number of aromatic nitrogens is 1. The molecule has 2 N–H and O–H groups in total. The van der Waals surface area contributed by atoms with Gasteiger partial charge in [-0.3, -0.25) is 9.78 Å². The van der Waals surface area contributed by atoms with Gasteiger partial charge in [0.1, 0.15) is 0 Å². The summed E-state index contributed by atoms with van der Waals surface area (Å²) in [5.41, 5.74) is 1.33. The number of benzene rings is 1. The van der Waals surface area contributed by atoms with Crippen LogP contribution in [0.5, 0.6) is 0 Å². The van der Waals surface area contributed by atoms with Crippen molar-refractivity contribution in [2.24, 2.45) is 5.41 Å². The zero-order valence-corrected chi connectivity index (χ0v) is 13.2. The molecule has 0 radical (unpaired) electrons. The Kier molecular flexibility index (Phi) is 4.78. The van der Waals surface area contributed by atoms with Gasteiger partial charge in [-0.2, -0.15) is 0 Å². The number of fused-ring (bicyclic) bond motifs is 1. The quantitative estimate of drug-likeness (QED) is 0.880. The van der Waals surface area contributed by atoms with E-state index in [0.717, 1.165) is 11.1 Å². The summed E-state index contributed by atoms with van der Waals surface area (Å²) in [6, 6.07) is 9.36. The number of rotatable bonds is 5. The van der Waals surface area contributed by atoms with Crippen LogP contribution in [0.25, 0.3) is 10.9 Å². The number of amides is 1. The third-order valence-electron chi connectivity index (χ3n) is 3.82. The Morgan fingerprint density at radius 1 is 1.23 bits per heavy atom. The molecule has 0 atom stereocenters. The monoisotopic (exact) mass is 302 g/mol. The lowest BCUT2D eigenvalue weighted by molar-refractivity contribution is 0.0367. The molecule has 0 aliphatic carbocycles. The van der Waals surface area contributed by atoms with Crippen molar-refractivity contribution < 1.29 is 15.0 Å². The molecule has 2 rings (SSSR count). The Labute approximate surface area is 130 Å². The zero-order valence-electron chi connectivity index (χ0n) is 13.2. The van der Waals surface area contributed by atoms with Crippen LogP contribution in [0.1, 0.15) is 23.0 Å². The maximum Gasteiger partial charge on any atom is 0.255 e. The Morgan fingerprint density at radius 3 is 2.55 bits per heavy atom. The predicted molar refractivity (Wildman–Crippen MR) is 85.7 cm³/mol. The van der Waals surface area contributed by atoms with E-state index in [1.807, 2.05) is 31.2 Å². The Balaban J connectivity index is 2.35. The number of carbonyl (C=O) groups excluding carboxylic acids is 1. The second-order valence-corrected chi connectivity index (χ2v) is 6.12. The third-order valence-corrected chi connectivity index (χ3v) is 3.82. The number of hydrogen-bond donors (Lipinski definition) is 2. The normalized spacial score (nSPS) is 11.7. The van der Waals surface area contributed by atoms with Gasteiger partial charge in [-0.25, -0.2) is 0 Å². The minimum absolute atomic E-state index is 0.170. The molecule has 0 bridgehead atoms. The van der Waals surface area contributed by atoms with Crippen LogP contribution in [-0.2, 0) is 0 Å². The van der Waals surface area contributed by atoms with Crippen LogP contribution in [0.3, 0.4) is 0 Å². The molecule has 5 nitrogen and oxygen atoms in total. The van der Waals surface area contributed by atoms with Gasteiger partial charge in [0.05, 0.1) is 24.3 Å². The van der Waals surface area contributed by atoms with Crippen molar-refractivity contribution in [3.05, 3.63) is 41.6 Å². The number of aliphatic hydroxyl groups is 2. The number of aliphatic hydroxyl groups excluding tert-OH is 2. The van der Waals surface area contributed by atoms with Crippen molar-refractivity contribution in [1.82, 2.24) is 9.88 Å². The van der Waals surface area contributed by atoms with Gasteiger partial charge in [0.2, 0.25) is 0 Å². The van der Waals surface area contributed by atoms with E-state index in [0.29, 0.717) is 11.1 Å². The average molecular weight is 302 g/mol. The summed E-state index contributed by atoms with van der Waals surface area (Å²) in [6.07, 6.45) is 0. The van der Waals surface area contributed by atoms with Crippen LogP contribution in [0, 0.1) is 12.3 Å². The zero-order chi connectivity index (χ0) is 16.3. The molecule has 0 aliphatic heterocycles. The van der Waals surface area contributed by atoms with Crippen molar-refractivity contribution >= 4 is 16.8 Å². The minimum Gasteiger partial charge on any atom is -0.396 e. The largest absolute Gasteiger partial charge is 0.396 e. The van der Waals surface area contributed by atoms with Crippen LogP contribution < -0.4 is 0 Å². The fourth-order valence-corrected chi connectivity index (χ4v) is 2.42. The smallest absolute Gasteiger partial charge is 0.255 e. The molecule has 0 aliphatic rings. The summed E-state index contributed by atoms with van der Waals surface area (Å²) >= 11 is 0. The van der Waals surface area contributed by atoms with E-state index in [9.17, 15) is 15.0 Å². The summed E-state index contributed by atoms with van der Waals surface area (Å²) in [7, 11) is 1.67. The molecule has 1 aromatic heterocycles. The van der Waals surface area contributed by atoms with Gasteiger partial charge in [-0.05, 0) is 19.1 Å². The topological polar surface area (TPSA) is 73.7 Å². The van der Waals surface area contributed by atoms with Crippen molar-refractivity contribution in [3.63, 3.8) is 0 Å². The maximum atomic E-state index is 12.7. The van der Waals surface area contributed by atoms with Gasteiger partial charge in [0.15, 0.2) is 0 Å². The molecule has 2 aromatic rings. The van der Waals surface area contributed by atoms with Gasteiger partial charge < -0.3 is 15.1 Å². The highest BCUT2D eigenvalue weighted by atomic mass is 16.3. The van der Waals surface area contributed by atoms with Gasteiger partial charge >= 0.3 is 0 Å². The number of pyridine rings is 1. The van der Waals surface area contributed by atoms with Crippen LogP contribution in [0.15, 0.2) is 30.3 Å². The summed E-state index contributed by atoms with van der Waals surface area (Å²) in [6.45, 7) is 3.52. The number of hydrogen-bond acceptors (Lipinski definition) is 4. The highest BCUT2D eigenvalue weighted by Gasteiger charge is 2.27. The van der Waals surface area contributed by atoms with Crippen molar-refractivity contribution in [3.8, 4) is 0 Å². The minimum atomic E-state index is -0.724. The molecular formula is C17H22N2O3. The van der Waals surface area contributed by atoms with E-state index in [1.54, 1.807) is 20.0 Å². The van der Waals surface area contributed by atoms with E-state index in [-0.39, 0.29) is 25.7 Å². The third kappa shape index (κ3) is 3.26. The maximum absolute atomic E-state index is 12.7. The van der Waals surface area contributed by atoms with Gasteiger partial charge in [0, 0.05) is 30.1 Å². The van der Waals surface area contributed by atoms with E-state index < -0.39 is 5.41 Å². The first-order chi connectivity index (χ1) is 10.4. The van der Waals surface area contributed by atoms with Crippen molar-refractivity contribution in [1.29, 1.82) is 0 Å². The van der Waals surface area contributed by atoms with E-state index >= 15 is 0 Å². The molecule has 118 valence electrons. The van der Waals surface area contributed by atoms with Crippen LogP contribution in [0.4, 0.5) is 0 Å². The van der Waals surface area contributed by atoms with Gasteiger partial charge in [-0.15, -0.1) is 0 Å². The fourth-order valence-electron chi connectivity index (χ4n) is 2.42. The second kappa shape index (κ2) is 6.42. The second-order valence-electron chi connectivity index (χ2n) is 6.12. The first kappa shape index (κ1) is 16.4. The summed E-state index contributed by atoms with van der Waals surface area (Å²) < 4.78 is 0. The van der Waals surface area contributed by atoms with Crippen LogP contribution in [0.2, 0.25) is 0 Å². The molecule has 0 spiro atoms. The van der Waals surface area contributed by atoms with Crippen LogP contribution in [-0.4, -0.2) is 52.8 Å². The van der Waals surface area contributed by atoms with Crippen molar-refractivity contribution in [2.75, 3.05) is 26.8 Å². The van der Waals surface area contributed by atoms with E-state index in [4.69, 9.17) is 0 Å². The lowest BCUT2D eigenvalue weighted by atomic mass is 9.92. The highest BCUT2D eigenvalue weighted by molar-refractivity contribution is 6.05. The lowest BCUT2D eigenvalue weighted by Crippen LogP contribution is -2.41. The lowest BCUT2D eigenvalue weighted by Gasteiger charge is -2.30. The molecule has 22 heavy (non-hydrogen) atoms. The number of aryl methyl sites for hydroxylation is 1. The van der Waals surface area contributed by atoms with Gasteiger partial charge in [0.25, 0.3) is 5.91 Å². The van der Waals surface area contributed by atoms with Gasteiger partial charge in [-0.1, -0.05) is 25.1 Å². The average Bonchev–Trinajstić information content (AvgIpc) is 2.53. The Bertz CT molecular complexity index is 681. The van der Waals surface area contributed by atoms with E-state index in [1.165, 1.54) is 4.90 Å². The molecule has 1 heterocycles. The number of nitrogens with zero attached hydrogens (tertiary/aromatic N) is 2. The summed E-state index contributed by atoms with van der Waals surface area (Å²) in [5.74, 6) is -0.170. The van der Waals surface area contributed by atoms with Crippen molar-refractivity contribution in [2.45, 2.75) is 13.8 Å². The van der Waals surface area contributed by atoms with Crippen LogP contribution >= 0.6 is 0 Å². The summed E-state index contributed by atoms with van der Waals surface area (Å²) in [4.78, 5) is 18.7. The fraction of sp³-hybridized carbons (Fsp3) is 0.412. The number of carbonyl (C=O) groups is 1. The molecule has 0 fully saturated rings. The van der Waals surface area contributed by atoms with E-state index in [2.05, 4.69) is 4.98 Å². The first-order valence-electron chi connectivity index (χ1n) is 7.24. The predicted octanol–water partition coefficient (Wildman–Crippen LogP) is 1.61. The Morgan fingerprint density at radius 2 is 1.91 bits per heavy atom. The molecule has 1 amide bonds. The Hall–Kier alpha value is -1.98. The molecule has 0 saturated carbocycles. The standard InChI is InChI=1S/C17H22N2O3/c1-12-7-8-13-5-4-6-14(15(13)18-12)16(22)19(3)9-17(2,10-20)11-21/h4-8,20-21H,9-11H2,1-3H3. The SMILES string of the molecule is Cc1ccc2cccc(C(=O)N(C)CC(C)(CO)CO)c2n1. The molecule has 1 aromatic carbocycles. The molecular weight excluding hydrogens is 280 g/mol. The first-order valence-corrected chi connectivity index (χ1v) is 7.24. The molecule has 5 heteroatoms.